The molecule has 1 rings (SSSR count). The third-order valence-electron chi connectivity index (χ3n) is 2.57. The second-order valence-corrected chi connectivity index (χ2v) is 6.41. The molecule has 1 aromatic rings. The van der Waals surface area contributed by atoms with Crippen LogP contribution >= 0.6 is 23.2 Å². The maximum absolute atomic E-state index is 6.14. The fourth-order valence-corrected chi connectivity index (χ4v) is 2.28. The van der Waals surface area contributed by atoms with Crippen LogP contribution in [0.5, 0.6) is 0 Å². The molecule has 3 N–H and O–H groups in total. The molecule has 1 atom stereocenters. The van der Waals surface area contributed by atoms with E-state index >= 15 is 0 Å². The van der Waals surface area contributed by atoms with E-state index in [2.05, 4.69) is 26.2 Å². The summed E-state index contributed by atoms with van der Waals surface area (Å²) in [6.07, 6.45) is 1.76. The lowest BCUT2D eigenvalue weighted by Crippen LogP contribution is -2.39. The van der Waals surface area contributed by atoms with Gasteiger partial charge in [0.05, 0.1) is 0 Å². The van der Waals surface area contributed by atoms with E-state index in [1.165, 1.54) is 0 Å². The molecule has 0 spiro atoms. The third kappa shape index (κ3) is 5.26. The highest BCUT2D eigenvalue weighted by molar-refractivity contribution is 6.33. The maximum Gasteiger partial charge on any atom is 0.0439 e. The van der Waals surface area contributed by atoms with Crippen LogP contribution in [-0.4, -0.2) is 6.04 Å². The number of hydrogen-bond donors (Lipinski definition) is 2. The molecule has 0 fully saturated rings. The first-order valence-corrected chi connectivity index (χ1v) is 6.47. The standard InChI is InChI=1S/C13H20Cl2N2/c1-13(2,3)8-11(17-16)7-9-6-10(14)4-5-12(9)15/h4-6,11,17H,7-8,16H2,1-3H3. The Morgan fingerprint density at radius 1 is 1.29 bits per heavy atom. The van der Waals surface area contributed by atoms with Crippen LogP contribution in [0.1, 0.15) is 32.8 Å². The third-order valence-corrected chi connectivity index (χ3v) is 3.17. The van der Waals surface area contributed by atoms with E-state index in [1.54, 1.807) is 6.07 Å². The van der Waals surface area contributed by atoms with Crippen molar-refractivity contribution < 1.29 is 0 Å². The first kappa shape index (κ1) is 14.8. The molecule has 1 aromatic carbocycles. The van der Waals surface area contributed by atoms with Crippen molar-refractivity contribution in [1.29, 1.82) is 0 Å². The summed E-state index contributed by atoms with van der Waals surface area (Å²) in [4.78, 5) is 0. The van der Waals surface area contributed by atoms with Gasteiger partial charge in [0.25, 0.3) is 0 Å². The molecule has 0 heterocycles. The SMILES string of the molecule is CC(C)(C)CC(Cc1cc(Cl)ccc1Cl)NN. The molecule has 0 aliphatic heterocycles. The van der Waals surface area contributed by atoms with Crippen molar-refractivity contribution in [2.75, 3.05) is 0 Å². The minimum Gasteiger partial charge on any atom is -0.271 e. The Labute approximate surface area is 113 Å². The maximum atomic E-state index is 6.14. The average Bonchev–Trinajstić information content (AvgIpc) is 2.20. The number of nitrogens with two attached hydrogens (primary N) is 1. The molecule has 17 heavy (non-hydrogen) atoms. The van der Waals surface area contributed by atoms with Gasteiger partial charge in [-0.25, -0.2) is 0 Å². The lowest BCUT2D eigenvalue weighted by atomic mass is 9.86. The monoisotopic (exact) mass is 274 g/mol. The molecular weight excluding hydrogens is 255 g/mol. The number of rotatable bonds is 4. The quantitative estimate of drug-likeness (QED) is 0.648. The number of hydrazine groups is 1. The minimum absolute atomic E-state index is 0.200. The normalized spacial score (nSPS) is 13.8. The van der Waals surface area contributed by atoms with Crippen LogP contribution in [0.4, 0.5) is 0 Å². The topological polar surface area (TPSA) is 38.0 Å². The van der Waals surface area contributed by atoms with Crippen LogP contribution in [0.3, 0.4) is 0 Å². The molecular formula is C13H20Cl2N2. The zero-order valence-corrected chi connectivity index (χ0v) is 12.1. The summed E-state index contributed by atoms with van der Waals surface area (Å²) in [6, 6.07) is 5.72. The summed E-state index contributed by atoms with van der Waals surface area (Å²) in [6.45, 7) is 6.57. The van der Waals surface area contributed by atoms with Crippen LogP contribution in [-0.2, 0) is 6.42 Å². The molecule has 0 saturated carbocycles. The van der Waals surface area contributed by atoms with Gasteiger partial charge in [-0.2, -0.15) is 0 Å². The van der Waals surface area contributed by atoms with E-state index in [4.69, 9.17) is 29.0 Å². The van der Waals surface area contributed by atoms with E-state index in [0.29, 0.717) is 5.02 Å². The summed E-state index contributed by atoms with van der Waals surface area (Å²) in [5, 5.41) is 1.44. The van der Waals surface area contributed by atoms with Crippen LogP contribution in [0.25, 0.3) is 0 Å². The lowest BCUT2D eigenvalue weighted by Gasteiger charge is -2.25. The molecule has 0 aliphatic rings. The van der Waals surface area contributed by atoms with Crippen LogP contribution in [0.15, 0.2) is 18.2 Å². The zero-order chi connectivity index (χ0) is 13.1. The fourth-order valence-electron chi connectivity index (χ4n) is 1.89. The van der Waals surface area contributed by atoms with Gasteiger partial charge in [-0.3, -0.25) is 11.3 Å². The van der Waals surface area contributed by atoms with E-state index in [-0.39, 0.29) is 11.5 Å². The van der Waals surface area contributed by atoms with Crippen molar-refractivity contribution in [2.45, 2.75) is 39.7 Å². The number of nitrogens with one attached hydrogen (secondary N) is 1. The van der Waals surface area contributed by atoms with Crippen molar-refractivity contribution in [2.24, 2.45) is 11.3 Å². The Bertz CT molecular complexity index is 372. The second kappa shape index (κ2) is 6.05. The molecule has 0 aliphatic carbocycles. The van der Waals surface area contributed by atoms with Gasteiger partial charge in [0.1, 0.15) is 0 Å². The van der Waals surface area contributed by atoms with Gasteiger partial charge in [0, 0.05) is 16.1 Å². The molecule has 2 nitrogen and oxygen atoms in total. The van der Waals surface area contributed by atoms with Gasteiger partial charge in [-0.05, 0) is 42.0 Å². The van der Waals surface area contributed by atoms with Gasteiger partial charge < -0.3 is 0 Å². The summed E-state index contributed by atoms with van der Waals surface area (Å²) in [5.74, 6) is 5.59. The molecule has 0 saturated heterocycles. The van der Waals surface area contributed by atoms with Gasteiger partial charge in [0.15, 0.2) is 0 Å². The summed E-state index contributed by atoms with van der Waals surface area (Å²) < 4.78 is 0. The molecule has 0 aromatic heterocycles. The Balaban J connectivity index is 2.77. The van der Waals surface area contributed by atoms with Crippen LogP contribution in [0, 0.1) is 5.41 Å². The Morgan fingerprint density at radius 2 is 1.94 bits per heavy atom. The van der Waals surface area contributed by atoms with Gasteiger partial charge in [0.2, 0.25) is 0 Å². The van der Waals surface area contributed by atoms with Crippen LogP contribution in [0.2, 0.25) is 10.0 Å². The zero-order valence-electron chi connectivity index (χ0n) is 10.6. The molecule has 96 valence electrons. The van der Waals surface area contributed by atoms with Gasteiger partial charge in [-0.15, -0.1) is 0 Å². The molecule has 4 heteroatoms. The van der Waals surface area contributed by atoms with Crippen molar-refractivity contribution in [3.63, 3.8) is 0 Å². The van der Waals surface area contributed by atoms with Crippen molar-refractivity contribution in [3.05, 3.63) is 33.8 Å². The van der Waals surface area contributed by atoms with E-state index < -0.39 is 0 Å². The van der Waals surface area contributed by atoms with E-state index in [0.717, 1.165) is 23.4 Å². The first-order chi connectivity index (χ1) is 7.81. The van der Waals surface area contributed by atoms with Crippen molar-refractivity contribution in [3.8, 4) is 0 Å². The van der Waals surface area contributed by atoms with Gasteiger partial charge >= 0.3 is 0 Å². The summed E-state index contributed by atoms with van der Waals surface area (Å²) in [5.41, 5.74) is 4.11. The molecule has 0 radical (unpaired) electrons. The predicted octanol–water partition coefficient (Wildman–Crippen LogP) is 3.80. The Hall–Kier alpha value is -0.280. The molecule has 1 unspecified atom stereocenters. The highest BCUT2D eigenvalue weighted by Crippen LogP contribution is 2.26. The number of hydrogen-bond acceptors (Lipinski definition) is 2. The predicted molar refractivity (Wildman–Crippen MR) is 75.3 cm³/mol. The Morgan fingerprint density at radius 3 is 2.47 bits per heavy atom. The van der Waals surface area contributed by atoms with Crippen molar-refractivity contribution >= 4 is 23.2 Å². The highest BCUT2D eigenvalue weighted by Gasteiger charge is 2.19. The smallest absolute Gasteiger partial charge is 0.0439 e. The highest BCUT2D eigenvalue weighted by atomic mass is 35.5. The summed E-state index contributed by atoms with van der Waals surface area (Å²) >= 11 is 12.1. The lowest BCUT2D eigenvalue weighted by molar-refractivity contribution is 0.308. The van der Waals surface area contributed by atoms with Crippen molar-refractivity contribution in [1.82, 2.24) is 5.43 Å². The Kier molecular flexibility index (Phi) is 5.26. The number of benzene rings is 1. The van der Waals surface area contributed by atoms with Gasteiger partial charge in [-0.1, -0.05) is 44.0 Å². The largest absolute Gasteiger partial charge is 0.271 e. The second-order valence-electron chi connectivity index (χ2n) is 5.57. The van der Waals surface area contributed by atoms with E-state index in [9.17, 15) is 0 Å². The first-order valence-electron chi connectivity index (χ1n) is 5.72. The molecule has 0 bridgehead atoms. The van der Waals surface area contributed by atoms with Crippen LogP contribution < -0.4 is 11.3 Å². The fraction of sp³-hybridized carbons (Fsp3) is 0.538. The number of halogens is 2. The summed E-state index contributed by atoms with van der Waals surface area (Å²) in [7, 11) is 0. The van der Waals surface area contributed by atoms with E-state index in [1.807, 2.05) is 12.1 Å². The average molecular weight is 275 g/mol. The molecule has 0 amide bonds. The minimum atomic E-state index is 0.200.